The molecule has 0 amide bonds. The van der Waals surface area contributed by atoms with E-state index < -0.39 is 0 Å². The zero-order chi connectivity index (χ0) is 10.1. The Bertz CT molecular complexity index is 311. The zero-order valence-corrected chi connectivity index (χ0v) is 10.3. The first kappa shape index (κ1) is 12.5. The highest BCUT2D eigenvalue weighted by Crippen LogP contribution is 2.38. The van der Waals surface area contributed by atoms with Crippen LogP contribution in [0, 0.1) is 19.8 Å². The molecule has 2 heteroatoms. The number of halogens is 1. The van der Waals surface area contributed by atoms with Crippen LogP contribution in [0.4, 0.5) is 0 Å². The number of benzene rings is 1. The molecule has 1 nitrogen and oxygen atoms in total. The fourth-order valence-corrected chi connectivity index (χ4v) is 2.39. The van der Waals surface area contributed by atoms with Crippen LogP contribution in [0.2, 0.25) is 0 Å². The van der Waals surface area contributed by atoms with Crippen molar-refractivity contribution in [3.05, 3.63) is 34.9 Å². The van der Waals surface area contributed by atoms with E-state index in [4.69, 9.17) is 5.73 Å². The van der Waals surface area contributed by atoms with Gasteiger partial charge in [0.2, 0.25) is 0 Å². The molecule has 0 bridgehead atoms. The van der Waals surface area contributed by atoms with Gasteiger partial charge >= 0.3 is 0 Å². The van der Waals surface area contributed by atoms with E-state index in [-0.39, 0.29) is 18.4 Å². The summed E-state index contributed by atoms with van der Waals surface area (Å²) in [4.78, 5) is 0. The van der Waals surface area contributed by atoms with Gasteiger partial charge in [-0.3, -0.25) is 0 Å². The minimum atomic E-state index is 0. The van der Waals surface area contributed by atoms with Gasteiger partial charge in [0.15, 0.2) is 0 Å². The van der Waals surface area contributed by atoms with E-state index in [0.29, 0.717) is 0 Å². The lowest BCUT2D eigenvalue weighted by atomic mass is 9.76. The number of nitrogens with two attached hydrogens (primary N) is 1. The Kier molecular flexibility index (Phi) is 4.18. The second-order valence-corrected chi connectivity index (χ2v) is 4.52. The van der Waals surface area contributed by atoms with Crippen LogP contribution < -0.4 is 5.73 Å². The van der Waals surface area contributed by atoms with Crippen LogP contribution >= 0.6 is 12.4 Å². The molecule has 0 saturated heterocycles. The van der Waals surface area contributed by atoms with Gasteiger partial charge in [-0.1, -0.05) is 24.6 Å². The molecule has 0 spiro atoms. The summed E-state index contributed by atoms with van der Waals surface area (Å²) in [5.74, 6) is 0.731. The maximum atomic E-state index is 6.30. The highest BCUT2D eigenvalue weighted by atomic mass is 35.5. The lowest BCUT2D eigenvalue weighted by Gasteiger charge is -2.33. The van der Waals surface area contributed by atoms with Crippen LogP contribution in [0.15, 0.2) is 18.2 Å². The summed E-state index contributed by atoms with van der Waals surface area (Å²) < 4.78 is 0. The van der Waals surface area contributed by atoms with E-state index in [1.165, 1.54) is 36.0 Å². The van der Waals surface area contributed by atoms with Crippen molar-refractivity contribution < 1.29 is 0 Å². The second-order valence-electron chi connectivity index (χ2n) is 4.52. The lowest BCUT2D eigenvalue weighted by molar-refractivity contribution is 0.263. The Morgan fingerprint density at radius 2 is 1.73 bits per heavy atom. The molecule has 15 heavy (non-hydrogen) atoms. The standard InChI is InChI=1S/C13H19N.ClH/c1-9-5-3-6-10(2)12(9)13(14)11-7-4-8-11;/h3,5-6,11,13H,4,7-8,14H2,1-2H3;1H/t13-;/m0./s1. The summed E-state index contributed by atoms with van der Waals surface area (Å²) in [6, 6.07) is 6.72. The molecular formula is C13H20ClN. The van der Waals surface area contributed by atoms with Crippen LogP contribution in [-0.4, -0.2) is 0 Å². The summed E-state index contributed by atoms with van der Waals surface area (Å²) in [6.07, 6.45) is 3.99. The zero-order valence-electron chi connectivity index (χ0n) is 9.49. The van der Waals surface area contributed by atoms with Gasteiger partial charge in [0.05, 0.1) is 0 Å². The molecule has 2 N–H and O–H groups in total. The first-order valence-electron chi connectivity index (χ1n) is 5.52. The molecule has 1 fully saturated rings. The van der Waals surface area contributed by atoms with Gasteiger partial charge in [0, 0.05) is 6.04 Å². The van der Waals surface area contributed by atoms with Crippen molar-refractivity contribution in [3.63, 3.8) is 0 Å². The first-order chi connectivity index (χ1) is 6.70. The Hall–Kier alpha value is -0.530. The van der Waals surface area contributed by atoms with Crippen molar-refractivity contribution in [2.24, 2.45) is 11.7 Å². The molecule has 1 saturated carbocycles. The quantitative estimate of drug-likeness (QED) is 0.819. The summed E-state index contributed by atoms with van der Waals surface area (Å²) in [7, 11) is 0. The Morgan fingerprint density at radius 3 is 2.13 bits per heavy atom. The maximum Gasteiger partial charge on any atom is 0.0328 e. The predicted molar refractivity (Wildman–Crippen MR) is 67.4 cm³/mol. The average molecular weight is 226 g/mol. The van der Waals surface area contributed by atoms with Crippen molar-refractivity contribution in [1.29, 1.82) is 0 Å². The third-order valence-electron chi connectivity index (χ3n) is 3.53. The predicted octanol–water partition coefficient (Wildman–Crippen LogP) is 3.53. The van der Waals surface area contributed by atoms with Crippen LogP contribution in [0.25, 0.3) is 0 Å². The van der Waals surface area contributed by atoms with Crippen molar-refractivity contribution in [2.75, 3.05) is 0 Å². The Labute approximate surface area is 98.5 Å². The van der Waals surface area contributed by atoms with Crippen molar-refractivity contribution in [2.45, 2.75) is 39.2 Å². The molecule has 0 aromatic heterocycles. The van der Waals surface area contributed by atoms with Gasteiger partial charge in [-0.25, -0.2) is 0 Å². The van der Waals surface area contributed by atoms with Gasteiger partial charge < -0.3 is 5.73 Å². The Morgan fingerprint density at radius 1 is 1.20 bits per heavy atom. The van der Waals surface area contributed by atoms with Gasteiger partial charge in [-0.05, 0) is 49.3 Å². The highest BCUT2D eigenvalue weighted by molar-refractivity contribution is 5.85. The highest BCUT2D eigenvalue weighted by Gasteiger charge is 2.27. The monoisotopic (exact) mass is 225 g/mol. The van der Waals surface area contributed by atoms with Crippen LogP contribution in [-0.2, 0) is 0 Å². The van der Waals surface area contributed by atoms with E-state index in [1.54, 1.807) is 0 Å². The molecule has 1 aromatic carbocycles. The lowest BCUT2D eigenvalue weighted by Crippen LogP contribution is -2.28. The molecule has 0 unspecified atom stereocenters. The number of rotatable bonds is 2. The van der Waals surface area contributed by atoms with E-state index in [0.717, 1.165) is 5.92 Å². The molecule has 1 aromatic rings. The molecule has 84 valence electrons. The molecule has 0 radical (unpaired) electrons. The normalized spacial score (nSPS) is 17.8. The smallest absolute Gasteiger partial charge is 0.0328 e. The average Bonchev–Trinajstić information content (AvgIpc) is 2.00. The number of hydrogen-bond donors (Lipinski definition) is 1. The minimum Gasteiger partial charge on any atom is -0.324 e. The number of aryl methyl sites for hydroxylation is 2. The fourth-order valence-electron chi connectivity index (χ4n) is 2.39. The molecule has 2 rings (SSSR count). The first-order valence-corrected chi connectivity index (χ1v) is 5.52. The Balaban J connectivity index is 0.00000112. The second kappa shape index (κ2) is 5.00. The topological polar surface area (TPSA) is 26.0 Å². The molecule has 0 aliphatic heterocycles. The van der Waals surface area contributed by atoms with Crippen molar-refractivity contribution in [1.82, 2.24) is 0 Å². The van der Waals surface area contributed by atoms with E-state index >= 15 is 0 Å². The largest absolute Gasteiger partial charge is 0.324 e. The van der Waals surface area contributed by atoms with E-state index in [9.17, 15) is 0 Å². The molecule has 1 aliphatic rings. The number of hydrogen-bond acceptors (Lipinski definition) is 1. The van der Waals surface area contributed by atoms with Crippen molar-refractivity contribution >= 4 is 12.4 Å². The molecular weight excluding hydrogens is 206 g/mol. The molecule has 1 atom stereocenters. The summed E-state index contributed by atoms with van der Waals surface area (Å²) in [5, 5.41) is 0. The molecule has 1 aliphatic carbocycles. The summed E-state index contributed by atoms with van der Waals surface area (Å²) >= 11 is 0. The van der Waals surface area contributed by atoms with E-state index in [2.05, 4.69) is 32.0 Å². The van der Waals surface area contributed by atoms with Crippen molar-refractivity contribution in [3.8, 4) is 0 Å². The molecule has 0 heterocycles. The van der Waals surface area contributed by atoms with Crippen LogP contribution in [0.3, 0.4) is 0 Å². The minimum absolute atomic E-state index is 0. The third-order valence-corrected chi connectivity index (χ3v) is 3.53. The SMILES string of the molecule is Cc1cccc(C)c1[C@@H](N)C1CCC1.Cl. The van der Waals surface area contributed by atoms with E-state index in [1.807, 2.05) is 0 Å². The summed E-state index contributed by atoms with van der Waals surface area (Å²) in [5.41, 5.74) is 10.4. The van der Waals surface area contributed by atoms with Gasteiger partial charge in [-0.15, -0.1) is 12.4 Å². The van der Waals surface area contributed by atoms with Gasteiger partial charge in [0.1, 0.15) is 0 Å². The van der Waals surface area contributed by atoms with Gasteiger partial charge in [-0.2, -0.15) is 0 Å². The summed E-state index contributed by atoms with van der Waals surface area (Å²) in [6.45, 7) is 4.34. The van der Waals surface area contributed by atoms with Crippen LogP contribution in [0.5, 0.6) is 0 Å². The van der Waals surface area contributed by atoms with Crippen LogP contribution in [0.1, 0.15) is 42.0 Å². The third kappa shape index (κ3) is 2.35. The fraction of sp³-hybridized carbons (Fsp3) is 0.538. The maximum absolute atomic E-state index is 6.30. The van der Waals surface area contributed by atoms with Gasteiger partial charge in [0.25, 0.3) is 0 Å².